The smallest absolute Gasteiger partial charge is 0.305 e. The molecule has 0 fully saturated rings. The van der Waals surface area contributed by atoms with Gasteiger partial charge in [-0.25, -0.2) is 4.98 Å². The molecule has 1 aromatic carbocycles. The molecule has 7 heteroatoms. The van der Waals surface area contributed by atoms with Crippen LogP contribution in [0.2, 0.25) is 0 Å². The molecule has 0 aliphatic carbocycles. The van der Waals surface area contributed by atoms with Crippen LogP contribution in [0.5, 0.6) is 0 Å². The Morgan fingerprint density at radius 2 is 2.00 bits per heavy atom. The number of benzene rings is 1. The van der Waals surface area contributed by atoms with E-state index in [0.717, 1.165) is 11.3 Å². The van der Waals surface area contributed by atoms with Crippen molar-refractivity contribution >= 4 is 23.1 Å². The summed E-state index contributed by atoms with van der Waals surface area (Å²) in [6.45, 7) is 1.97. The topological polar surface area (TPSA) is 110 Å². The van der Waals surface area contributed by atoms with Crippen LogP contribution in [0.4, 0.5) is 11.5 Å². The first-order chi connectivity index (χ1) is 12.0. The molecule has 3 rings (SSSR count). The summed E-state index contributed by atoms with van der Waals surface area (Å²) in [7, 11) is 0. The first-order valence-electron chi connectivity index (χ1n) is 7.78. The Morgan fingerprint density at radius 1 is 1.28 bits per heavy atom. The number of anilines is 2. The summed E-state index contributed by atoms with van der Waals surface area (Å²) in [5.41, 5.74) is 8.04. The standard InChI is InChI=1S/C18H18N4O3/c1-11-5-7-12(8-6-11)20-17-16(13(19)10-15(23)24)18(25)22-9-3-2-4-14(22)21-17/h2-9,13,20H,10,19H2,1H3,(H,23,24). The quantitative estimate of drug-likeness (QED) is 0.658. The fraction of sp³-hybridized carbons (Fsp3) is 0.167. The molecule has 0 aliphatic heterocycles. The van der Waals surface area contributed by atoms with Gasteiger partial charge in [0.15, 0.2) is 0 Å². The maximum absolute atomic E-state index is 12.8. The fourth-order valence-corrected chi connectivity index (χ4v) is 2.60. The van der Waals surface area contributed by atoms with Crippen LogP contribution in [-0.2, 0) is 4.79 Å². The number of nitrogens with zero attached hydrogens (tertiary/aromatic N) is 2. The molecule has 7 nitrogen and oxygen atoms in total. The van der Waals surface area contributed by atoms with Crippen LogP contribution in [-0.4, -0.2) is 20.5 Å². The second-order valence-electron chi connectivity index (χ2n) is 5.80. The molecule has 2 aromatic heterocycles. The molecule has 0 bridgehead atoms. The SMILES string of the molecule is Cc1ccc(Nc2nc3ccccn3c(=O)c2C(N)CC(=O)O)cc1. The highest BCUT2D eigenvalue weighted by Crippen LogP contribution is 2.23. The molecular formula is C18H18N4O3. The van der Waals surface area contributed by atoms with Gasteiger partial charge in [-0.3, -0.25) is 14.0 Å². The minimum absolute atomic E-state index is 0.145. The van der Waals surface area contributed by atoms with Crippen LogP contribution in [0, 0.1) is 6.92 Å². The van der Waals surface area contributed by atoms with E-state index in [4.69, 9.17) is 10.8 Å². The van der Waals surface area contributed by atoms with E-state index in [-0.39, 0.29) is 23.4 Å². The molecule has 0 amide bonds. The number of rotatable bonds is 5. The molecule has 1 atom stereocenters. The summed E-state index contributed by atoms with van der Waals surface area (Å²) in [4.78, 5) is 28.3. The van der Waals surface area contributed by atoms with Crippen molar-refractivity contribution in [3.8, 4) is 0 Å². The number of carbonyl (C=O) groups is 1. The van der Waals surface area contributed by atoms with Crippen LogP contribution in [0.1, 0.15) is 23.6 Å². The van der Waals surface area contributed by atoms with Crippen molar-refractivity contribution in [2.45, 2.75) is 19.4 Å². The fourth-order valence-electron chi connectivity index (χ4n) is 2.60. The predicted octanol–water partition coefficient (Wildman–Crippen LogP) is 2.22. The highest BCUT2D eigenvalue weighted by molar-refractivity contribution is 5.69. The van der Waals surface area contributed by atoms with Crippen molar-refractivity contribution in [3.05, 3.63) is 70.1 Å². The molecule has 3 aromatic rings. The van der Waals surface area contributed by atoms with Crippen molar-refractivity contribution in [2.75, 3.05) is 5.32 Å². The van der Waals surface area contributed by atoms with Crippen LogP contribution in [0.25, 0.3) is 5.65 Å². The number of nitrogens with one attached hydrogen (secondary N) is 1. The van der Waals surface area contributed by atoms with E-state index >= 15 is 0 Å². The minimum atomic E-state index is -1.08. The predicted molar refractivity (Wildman–Crippen MR) is 95.1 cm³/mol. The second-order valence-corrected chi connectivity index (χ2v) is 5.80. The summed E-state index contributed by atoms with van der Waals surface area (Å²) < 4.78 is 1.36. The molecule has 4 N–H and O–H groups in total. The molecule has 0 saturated carbocycles. The van der Waals surface area contributed by atoms with Gasteiger partial charge in [0.1, 0.15) is 11.5 Å². The molecule has 0 radical (unpaired) electrons. The lowest BCUT2D eigenvalue weighted by molar-refractivity contribution is -0.137. The maximum atomic E-state index is 12.8. The Balaban J connectivity index is 2.15. The van der Waals surface area contributed by atoms with Crippen molar-refractivity contribution in [2.24, 2.45) is 5.73 Å². The number of aliphatic carboxylic acids is 1. The number of carboxylic acid groups (broad SMARTS) is 1. The third-order valence-corrected chi connectivity index (χ3v) is 3.85. The van der Waals surface area contributed by atoms with E-state index < -0.39 is 12.0 Å². The number of hydrogen-bond acceptors (Lipinski definition) is 5. The van der Waals surface area contributed by atoms with Crippen LogP contribution >= 0.6 is 0 Å². The molecule has 128 valence electrons. The minimum Gasteiger partial charge on any atom is -0.481 e. The summed E-state index contributed by atoms with van der Waals surface area (Å²) in [6.07, 6.45) is 1.22. The van der Waals surface area contributed by atoms with E-state index in [0.29, 0.717) is 5.65 Å². The van der Waals surface area contributed by atoms with Crippen LogP contribution < -0.4 is 16.6 Å². The number of aryl methyl sites for hydroxylation is 1. The zero-order valence-electron chi connectivity index (χ0n) is 13.6. The van der Waals surface area contributed by atoms with Gasteiger partial charge < -0.3 is 16.2 Å². The Bertz CT molecular complexity index is 980. The second kappa shape index (κ2) is 6.74. The Morgan fingerprint density at radius 3 is 2.68 bits per heavy atom. The normalized spacial score (nSPS) is 12.1. The first-order valence-corrected chi connectivity index (χ1v) is 7.78. The number of carboxylic acids is 1. The van der Waals surface area contributed by atoms with Gasteiger partial charge in [0.2, 0.25) is 0 Å². The van der Waals surface area contributed by atoms with E-state index in [1.807, 2.05) is 31.2 Å². The van der Waals surface area contributed by atoms with Gasteiger partial charge in [-0.15, -0.1) is 0 Å². The van der Waals surface area contributed by atoms with Crippen LogP contribution in [0.15, 0.2) is 53.5 Å². The van der Waals surface area contributed by atoms with E-state index in [2.05, 4.69) is 10.3 Å². The number of aromatic nitrogens is 2. The molecule has 25 heavy (non-hydrogen) atoms. The van der Waals surface area contributed by atoms with Crippen molar-refractivity contribution in [1.29, 1.82) is 0 Å². The molecular weight excluding hydrogens is 320 g/mol. The monoisotopic (exact) mass is 338 g/mol. The lowest BCUT2D eigenvalue weighted by atomic mass is 10.1. The average molecular weight is 338 g/mol. The molecule has 0 saturated heterocycles. The molecule has 2 heterocycles. The van der Waals surface area contributed by atoms with Crippen molar-refractivity contribution < 1.29 is 9.90 Å². The maximum Gasteiger partial charge on any atom is 0.305 e. The number of fused-ring (bicyclic) bond motifs is 1. The zero-order chi connectivity index (χ0) is 18.0. The van der Waals surface area contributed by atoms with Gasteiger partial charge in [-0.05, 0) is 31.2 Å². The van der Waals surface area contributed by atoms with Gasteiger partial charge in [0.25, 0.3) is 5.56 Å². The largest absolute Gasteiger partial charge is 0.481 e. The summed E-state index contributed by atoms with van der Waals surface area (Å²) >= 11 is 0. The third kappa shape index (κ3) is 3.51. The molecule has 0 spiro atoms. The summed E-state index contributed by atoms with van der Waals surface area (Å²) in [6, 6.07) is 11.8. The Kier molecular flexibility index (Phi) is 4.49. The highest BCUT2D eigenvalue weighted by Gasteiger charge is 2.21. The van der Waals surface area contributed by atoms with Crippen LogP contribution in [0.3, 0.4) is 0 Å². The van der Waals surface area contributed by atoms with E-state index in [1.54, 1.807) is 24.4 Å². The zero-order valence-corrected chi connectivity index (χ0v) is 13.6. The van der Waals surface area contributed by atoms with Gasteiger partial charge in [0.05, 0.1) is 12.0 Å². The number of hydrogen-bond donors (Lipinski definition) is 3. The van der Waals surface area contributed by atoms with Gasteiger partial charge >= 0.3 is 5.97 Å². The third-order valence-electron chi connectivity index (χ3n) is 3.85. The van der Waals surface area contributed by atoms with Gasteiger partial charge in [0, 0.05) is 17.9 Å². The summed E-state index contributed by atoms with van der Waals surface area (Å²) in [5, 5.41) is 12.1. The van der Waals surface area contributed by atoms with Crippen molar-refractivity contribution in [1.82, 2.24) is 9.38 Å². The lowest BCUT2D eigenvalue weighted by Gasteiger charge is -2.16. The highest BCUT2D eigenvalue weighted by atomic mass is 16.4. The van der Waals surface area contributed by atoms with E-state index in [1.165, 1.54) is 4.40 Å². The van der Waals surface area contributed by atoms with Gasteiger partial charge in [-0.1, -0.05) is 23.8 Å². The van der Waals surface area contributed by atoms with Crippen molar-refractivity contribution in [3.63, 3.8) is 0 Å². The first kappa shape index (κ1) is 16.7. The van der Waals surface area contributed by atoms with E-state index in [9.17, 15) is 9.59 Å². The lowest BCUT2D eigenvalue weighted by Crippen LogP contribution is -2.29. The Labute approximate surface area is 143 Å². The summed E-state index contributed by atoms with van der Waals surface area (Å²) in [5.74, 6) is -0.805. The Hall–Kier alpha value is -3.19. The average Bonchev–Trinajstić information content (AvgIpc) is 2.56. The number of nitrogens with two attached hydrogens (primary N) is 1. The van der Waals surface area contributed by atoms with Gasteiger partial charge in [-0.2, -0.15) is 0 Å². The molecule has 0 aliphatic rings. The molecule has 1 unspecified atom stereocenters. The number of pyridine rings is 1.